The Morgan fingerprint density at radius 3 is 2.77 bits per heavy atom. The molecule has 4 heterocycles. The van der Waals surface area contributed by atoms with Crippen molar-refractivity contribution in [2.45, 2.75) is 51.8 Å². The first kappa shape index (κ1) is 27.0. The topological polar surface area (TPSA) is 119 Å². The summed E-state index contributed by atoms with van der Waals surface area (Å²) in [6, 6.07) is 9.09. The van der Waals surface area contributed by atoms with Crippen molar-refractivity contribution < 1.29 is 23.5 Å². The van der Waals surface area contributed by atoms with E-state index in [0.29, 0.717) is 36.7 Å². The van der Waals surface area contributed by atoms with Gasteiger partial charge >= 0.3 is 6.09 Å². The molecule has 2 aliphatic rings. The number of thiophene rings is 1. The molecule has 2 aromatic heterocycles. The molecule has 0 aliphatic carbocycles. The molecule has 0 saturated carbocycles. The van der Waals surface area contributed by atoms with Crippen LogP contribution < -0.4 is 26.0 Å². The number of carbonyl (C=O) groups excluding carboxylic acids is 2. The van der Waals surface area contributed by atoms with Crippen molar-refractivity contribution in [3.63, 3.8) is 0 Å². The summed E-state index contributed by atoms with van der Waals surface area (Å²) in [7, 11) is 0. The molecule has 39 heavy (non-hydrogen) atoms. The fraction of sp³-hybridized carbons (Fsp3) is 0.464. The Labute approximate surface area is 230 Å². The average Bonchev–Trinajstić information content (AvgIpc) is 3.42. The fourth-order valence-electron chi connectivity index (χ4n) is 5.02. The summed E-state index contributed by atoms with van der Waals surface area (Å²) < 4.78 is 25.2. The Morgan fingerprint density at radius 1 is 1.23 bits per heavy atom. The Bertz CT molecular complexity index is 1400. The summed E-state index contributed by atoms with van der Waals surface area (Å²) in [5, 5.41) is 6.66. The zero-order chi connectivity index (χ0) is 27.9. The van der Waals surface area contributed by atoms with Crippen LogP contribution in [0.5, 0.6) is 5.75 Å². The Balaban J connectivity index is 1.22. The Hall–Kier alpha value is -3.60. The van der Waals surface area contributed by atoms with Crippen LogP contribution in [0, 0.1) is 12.8 Å². The van der Waals surface area contributed by atoms with Gasteiger partial charge in [0.15, 0.2) is 0 Å². The normalized spacial score (nSPS) is 20.8. The van der Waals surface area contributed by atoms with Crippen LogP contribution in [0.2, 0.25) is 0 Å². The Morgan fingerprint density at radius 2 is 2.03 bits per heavy atom. The van der Waals surface area contributed by atoms with Crippen LogP contribution >= 0.6 is 11.3 Å². The third-order valence-electron chi connectivity index (χ3n) is 6.94. The number of fused-ring (bicyclic) bond motifs is 2. The van der Waals surface area contributed by atoms with Gasteiger partial charge in [0, 0.05) is 41.8 Å². The van der Waals surface area contributed by atoms with E-state index in [0.717, 1.165) is 32.9 Å². The summed E-state index contributed by atoms with van der Waals surface area (Å²) in [6.07, 6.45) is 0.0674. The van der Waals surface area contributed by atoms with Gasteiger partial charge in [0.05, 0.1) is 24.4 Å². The van der Waals surface area contributed by atoms with Crippen LogP contribution in [-0.2, 0) is 11.2 Å². The maximum atomic E-state index is 13.8. The van der Waals surface area contributed by atoms with Crippen LogP contribution in [-0.4, -0.2) is 61.0 Å². The van der Waals surface area contributed by atoms with Crippen LogP contribution in [0.4, 0.5) is 20.6 Å². The number of anilines is 2. The lowest BCUT2D eigenvalue weighted by Crippen LogP contribution is -2.43. The minimum atomic E-state index is -0.623. The minimum Gasteiger partial charge on any atom is -0.491 e. The van der Waals surface area contributed by atoms with Crippen molar-refractivity contribution in [2.75, 3.05) is 37.0 Å². The molecule has 2 aliphatic heterocycles. The van der Waals surface area contributed by atoms with Crippen molar-refractivity contribution in [1.29, 1.82) is 0 Å². The lowest BCUT2D eigenvalue weighted by molar-refractivity contribution is 0.0494. The predicted molar refractivity (Wildman–Crippen MR) is 151 cm³/mol. The van der Waals surface area contributed by atoms with Gasteiger partial charge in [-0.2, -0.15) is 0 Å². The first-order valence-electron chi connectivity index (χ1n) is 13.0. The average molecular weight is 556 g/mol. The summed E-state index contributed by atoms with van der Waals surface area (Å²) in [5.41, 5.74) is 8.81. The van der Waals surface area contributed by atoms with E-state index in [4.69, 9.17) is 15.2 Å². The smallest absolute Gasteiger partial charge is 0.407 e. The molecule has 1 fully saturated rings. The van der Waals surface area contributed by atoms with Crippen molar-refractivity contribution >= 4 is 44.9 Å². The van der Waals surface area contributed by atoms with Crippen LogP contribution in [0.15, 0.2) is 30.3 Å². The quantitative estimate of drug-likeness (QED) is 0.431. The van der Waals surface area contributed by atoms with E-state index in [2.05, 4.69) is 15.6 Å². The zero-order valence-corrected chi connectivity index (χ0v) is 23.4. The highest BCUT2D eigenvalue weighted by Gasteiger charge is 2.35. The third kappa shape index (κ3) is 5.88. The van der Waals surface area contributed by atoms with Crippen LogP contribution in [0.25, 0.3) is 10.2 Å². The van der Waals surface area contributed by atoms with Gasteiger partial charge in [-0.05, 0) is 57.9 Å². The van der Waals surface area contributed by atoms with Gasteiger partial charge in [0.2, 0.25) is 0 Å². The van der Waals surface area contributed by atoms with E-state index < -0.39 is 18.4 Å². The molecular weight excluding hydrogens is 521 g/mol. The van der Waals surface area contributed by atoms with E-state index in [1.807, 2.05) is 42.2 Å². The van der Waals surface area contributed by atoms with Crippen molar-refractivity contribution in [1.82, 2.24) is 15.6 Å². The van der Waals surface area contributed by atoms with Gasteiger partial charge in [-0.3, -0.25) is 9.18 Å². The molecule has 2 amide bonds. The highest BCUT2D eigenvalue weighted by molar-refractivity contribution is 7.21. The summed E-state index contributed by atoms with van der Waals surface area (Å²) in [6.45, 7) is 8.00. The van der Waals surface area contributed by atoms with Gasteiger partial charge in [-0.1, -0.05) is 6.07 Å². The van der Waals surface area contributed by atoms with Crippen molar-refractivity contribution in [2.24, 2.45) is 5.92 Å². The maximum absolute atomic E-state index is 13.8. The van der Waals surface area contributed by atoms with Gasteiger partial charge in [0.25, 0.3) is 5.91 Å². The number of halogens is 1. The molecule has 4 N–H and O–H groups in total. The molecule has 1 aromatic carbocycles. The molecule has 0 bridgehead atoms. The molecular formula is C28H34FN5O4S. The number of alkyl carbamates (subject to hydrolysis) is 1. The lowest BCUT2D eigenvalue weighted by atomic mass is 10.0. The second-order valence-electron chi connectivity index (χ2n) is 11.2. The van der Waals surface area contributed by atoms with E-state index >= 15 is 0 Å². The molecule has 11 heteroatoms. The molecule has 208 valence electrons. The number of pyridine rings is 1. The number of aryl methyl sites for hydroxylation is 1. The van der Waals surface area contributed by atoms with Crippen molar-refractivity contribution in [3.8, 4) is 5.75 Å². The number of alkyl halides is 1. The number of nitrogens with zero attached hydrogens (tertiary/aromatic N) is 2. The number of hydrogen-bond acceptors (Lipinski definition) is 8. The molecule has 0 radical (unpaired) electrons. The minimum absolute atomic E-state index is 0.208. The van der Waals surface area contributed by atoms with Gasteiger partial charge in [-0.15, -0.1) is 11.3 Å². The second kappa shape index (κ2) is 10.5. The molecule has 0 spiro atoms. The van der Waals surface area contributed by atoms with Gasteiger partial charge < -0.3 is 30.7 Å². The SMILES string of the molecule is Cc1ccc2c(N)c(C(=O)N[C@H]3COc4cc(N5CC(CF)C(NC(=O)OC(C)(C)C)C5)ccc4C3)sc2n1. The number of ether oxygens (including phenoxy) is 2. The number of benzene rings is 1. The first-order valence-corrected chi connectivity index (χ1v) is 13.8. The number of amides is 2. The number of carbonyl (C=O) groups is 2. The summed E-state index contributed by atoms with van der Waals surface area (Å²) in [4.78, 5) is 33.0. The van der Waals surface area contributed by atoms with Crippen LogP contribution in [0.1, 0.15) is 41.7 Å². The van der Waals surface area contributed by atoms with Gasteiger partial charge in [0.1, 0.15) is 27.7 Å². The second-order valence-corrected chi connectivity index (χ2v) is 12.2. The fourth-order valence-corrected chi connectivity index (χ4v) is 6.06. The molecule has 3 aromatic rings. The van der Waals surface area contributed by atoms with E-state index in [1.54, 1.807) is 20.8 Å². The molecule has 9 nitrogen and oxygen atoms in total. The van der Waals surface area contributed by atoms with E-state index in [1.165, 1.54) is 11.3 Å². The van der Waals surface area contributed by atoms with Crippen LogP contribution in [0.3, 0.4) is 0 Å². The highest BCUT2D eigenvalue weighted by atomic mass is 32.1. The number of aromatic nitrogens is 1. The van der Waals surface area contributed by atoms with E-state index in [9.17, 15) is 14.0 Å². The number of nitrogen functional groups attached to an aromatic ring is 1. The maximum Gasteiger partial charge on any atom is 0.407 e. The van der Waals surface area contributed by atoms with Gasteiger partial charge in [-0.25, -0.2) is 9.78 Å². The number of rotatable bonds is 5. The number of nitrogens with two attached hydrogens (primary N) is 1. The summed E-state index contributed by atoms with van der Waals surface area (Å²) in [5.74, 6) is 0.161. The van der Waals surface area contributed by atoms with Crippen molar-refractivity contribution in [3.05, 3.63) is 46.5 Å². The molecule has 1 saturated heterocycles. The van der Waals surface area contributed by atoms with E-state index in [-0.39, 0.29) is 23.9 Å². The number of hydrogen-bond donors (Lipinski definition) is 3. The third-order valence-corrected chi connectivity index (χ3v) is 8.05. The molecule has 3 atom stereocenters. The molecule has 5 rings (SSSR count). The lowest BCUT2D eigenvalue weighted by Gasteiger charge is -2.28. The molecule has 2 unspecified atom stereocenters. The Kier molecular flexibility index (Phi) is 7.28. The highest BCUT2D eigenvalue weighted by Crippen LogP contribution is 2.34. The predicted octanol–water partition coefficient (Wildman–Crippen LogP) is 4.22. The largest absolute Gasteiger partial charge is 0.491 e. The monoisotopic (exact) mass is 555 g/mol. The standard InChI is InChI=1S/C28H34FN5O4S/c1-15-5-8-20-23(30)24(39-26(20)31-15)25(35)32-18-9-16-6-7-19(10-22(16)37-14-18)34-12-17(11-29)21(13-34)33-27(36)38-28(2,3)4/h5-8,10,17-18,21H,9,11-14,30H2,1-4H3,(H,32,35)(H,33,36)/t17?,18-,21?/m1/s1. The first-order chi connectivity index (χ1) is 18.5. The number of nitrogens with one attached hydrogen (secondary N) is 2. The zero-order valence-electron chi connectivity index (χ0n) is 22.5. The summed E-state index contributed by atoms with van der Waals surface area (Å²) >= 11 is 1.29.